The van der Waals surface area contributed by atoms with Gasteiger partial charge in [0.2, 0.25) is 5.91 Å². The van der Waals surface area contributed by atoms with Crippen LogP contribution >= 0.6 is 22.9 Å². The monoisotopic (exact) mass is 504 g/mol. The molecule has 1 atom stereocenters. The molecular formula is C24H29ClN4O4S. The molecule has 1 aliphatic carbocycles. The SMILES string of the molecule is CN(CC1CCC1)[C@@H](CNC(=O)c1ccc(Cl)s1)C(=O)Nc1ccc(N2CCOCC2=O)cc1. The number of amides is 3. The molecule has 1 saturated carbocycles. The zero-order valence-electron chi connectivity index (χ0n) is 19.1. The first-order valence-electron chi connectivity index (χ1n) is 11.4. The van der Waals surface area contributed by atoms with Crippen molar-refractivity contribution in [2.75, 3.05) is 50.1 Å². The van der Waals surface area contributed by atoms with Gasteiger partial charge in [-0.25, -0.2) is 0 Å². The largest absolute Gasteiger partial charge is 0.370 e. The number of carbonyl (C=O) groups is 3. The van der Waals surface area contributed by atoms with Crippen molar-refractivity contribution in [1.29, 1.82) is 0 Å². The highest BCUT2D eigenvalue weighted by atomic mass is 35.5. The van der Waals surface area contributed by atoms with E-state index in [1.807, 2.05) is 24.1 Å². The zero-order chi connectivity index (χ0) is 24.1. The molecule has 2 fully saturated rings. The van der Waals surface area contributed by atoms with Crippen molar-refractivity contribution in [1.82, 2.24) is 10.2 Å². The van der Waals surface area contributed by atoms with Crippen molar-refractivity contribution in [3.8, 4) is 0 Å². The Bertz CT molecular complexity index is 1020. The number of rotatable bonds is 9. The predicted octanol–water partition coefficient (Wildman–Crippen LogP) is 3.23. The Hall–Kier alpha value is -2.46. The molecule has 1 aromatic heterocycles. The topological polar surface area (TPSA) is 91.0 Å². The van der Waals surface area contributed by atoms with Crippen molar-refractivity contribution in [2.24, 2.45) is 5.92 Å². The number of ether oxygens (including phenoxy) is 1. The van der Waals surface area contributed by atoms with E-state index >= 15 is 0 Å². The lowest BCUT2D eigenvalue weighted by atomic mass is 9.85. The first-order valence-corrected chi connectivity index (χ1v) is 12.6. The minimum absolute atomic E-state index is 0.0801. The summed E-state index contributed by atoms with van der Waals surface area (Å²) in [6.45, 7) is 2.08. The van der Waals surface area contributed by atoms with Crippen LogP contribution in [0, 0.1) is 5.92 Å². The molecule has 2 heterocycles. The van der Waals surface area contributed by atoms with E-state index in [9.17, 15) is 14.4 Å². The molecule has 8 nitrogen and oxygen atoms in total. The van der Waals surface area contributed by atoms with Crippen LogP contribution in [0.1, 0.15) is 28.9 Å². The molecule has 0 unspecified atom stereocenters. The van der Waals surface area contributed by atoms with E-state index in [0.29, 0.717) is 34.0 Å². The summed E-state index contributed by atoms with van der Waals surface area (Å²) < 4.78 is 5.72. The van der Waals surface area contributed by atoms with Crippen molar-refractivity contribution < 1.29 is 19.1 Å². The van der Waals surface area contributed by atoms with E-state index in [4.69, 9.17) is 16.3 Å². The van der Waals surface area contributed by atoms with Gasteiger partial charge < -0.3 is 20.3 Å². The molecule has 182 valence electrons. The third kappa shape index (κ3) is 6.15. The lowest BCUT2D eigenvalue weighted by molar-refractivity contribution is -0.125. The number of halogens is 1. The summed E-state index contributed by atoms with van der Waals surface area (Å²) in [5.74, 6) is 0.0637. The third-order valence-electron chi connectivity index (χ3n) is 6.29. The van der Waals surface area contributed by atoms with Crippen LogP contribution in [0.3, 0.4) is 0 Å². The number of carbonyl (C=O) groups excluding carboxylic acids is 3. The first-order chi connectivity index (χ1) is 16.4. The van der Waals surface area contributed by atoms with Crippen LogP contribution in [0.2, 0.25) is 4.34 Å². The maximum atomic E-state index is 13.2. The summed E-state index contributed by atoms with van der Waals surface area (Å²) in [7, 11) is 1.92. The molecule has 1 aliphatic heterocycles. The Morgan fingerprint density at radius 2 is 2.00 bits per heavy atom. The van der Waals surface area contributed by atoms with Crippen molar-refractivity contribution >= 4 is 52.0 Å². The number of benzene rings is 1. The van der Waals surface area contributed by atoms with E-state index < -0.39 is 6.04 Å². The van der Waals surface area contributed by atoms with E-state index in [2.05, 4.69) is 10.6 Å². The van der Waals surface area contributed by atoms with Gasteiger partial charge in [-0.2, -0.15) is 0 Å². The second kappa shape index (κ2) is 11.3. The maximum Gasteiger partial charge on any atom is 0.261 e. The van der Waals surface area contributed by atoms with Crippen LogP contribution in [-0.4, -0.2) is 68.6 Å². The fourth-order valence-electron chi connectivity index (χ4n) is 4.11. The third-order valence-corrected chi connectivity index (χ3v) is 7.52. The van der Waals surface area contributed by atoms with Crippen molar-refractivity contribution in [3.63, 3.8) is 0 Å². The number of likely N-dealkylation sites (N-methyl/N-ethyl adjacent to an activating group) is 1. The fourth-order valence-corrected chi connectivity index (χ4v) is 5.07. The highest BCUT2D eigenvalue weighted by molar-refractivity contribution is 7.18. The van der Waals surface area contributed by atoms with Gasteiger partial charge in [0.25, 0.3) is 11.8 Å². The van der Waals surface area contributed by atoms with Gasteiger partial charge in [-0.05, 0) is 62.2 Å². The number of anilines is 2. The Morgan fingerprint density at radius 3 is 2.62 bits per heavy atom. The molecule has 2 N–H and O–H groups in total. The minimum Gasteiger partial charge on any atom is -0.370 e. The standard InChI is InChI=1S/C24H29ClN4O4S/c1-28(14-16-3-2-4-16)19(13-26-24(32)20-9-10-21(25)34-20)23(31)27-17-5-7-18(8-6-17)29-11-12-33-15-22(29)30/h5-10,16,19H,2-4,11-15H2,1H3,(H,26,32)(H,27,31)/t19-/m0/s1. The predicted molar refractivity (Wildman–Crippen MR) is 134 cm³/mol. The zero-order valence-corrected chi connectivity index (χ0v) is 20.7. The molecule has 10 heteroatoms. The van der Waals surface area contributed by atoms with Crippen LogP contribution in [0.25, 0.3) is 0 Å². The lowest BCUT2D eigenvalue weighted by Crippen LogP contribution is -2.51. The number of hydrogen-bond donors (Lipinski definition) is 2. The fraction of sp³-hybridized carbons (Fsp3) is 0.458. The summed E-state index contributed by atoms with van der Waals surface area (Å²) in [6, 6.07) is 10.0. The Balaban J connectivity index is 1.40. The van der Waals surface area contributed by atoms with Gasteiger partial charge in [0.15, 0.2) is 0 Å². The molecule has 34 heavy (non-hydrogen) atoms. The highest BCUT2D eigenvalue weighted by Crippen LogP contribution is 2.27. The number of nitrogens with zero attached hydrogens (tertiary/aromatic N) is 2. The van der Waals surface area contributed by atoms with Crippen LogP contribution in [0.4, 0.5) is 11.4 Å². The molecule has 1 saturated heterocycles. The van der Waals surface area contributed by atoms with Crippen LogP contribution < -0.4 is 15.5 Å². The van der Waals surface area contributed by atoms with Crippen LogP contribution in [0.5, 0.6) is 0 Å². The Kier molecular flexibility index (Phi) is 8.20. The average Bonchev–Trinajstić information content (AvgIpc) is 3.24. The van der Waals surface area contributed by atoms with Gasteiger partial charge in [-0.15, -0.1) is 11.3 Å². The second-order valence-corrected chi connectivity index (χ2v) is 10.4. The lowest BCUT2D eigenvalue weighted by Gasteiger charge is -2.34. The molecule has 3 amide bonds. The van der Waals surface area contributed by atoms with Crippen LogP contribution in [0.15, 0.2) is 36.4 Å². The van der Waals surface area contributed by atoms with Gasteiger partial charge in [-0.1, -0.05) is 18.0 Å². The molecular weight excluding hydrogens is 476 g/mol. The highest BCUT2D eigenvalue weighted by Gasteiger charge is 2.28. The quantitative estimate of drug-likeness (QED) is 0.547. The van der Waals surface area contributed by atoms with Crippen molar-refractivity contribution in [3.05, 3.63) is 45.6 Å². The van der Waals surface area contributed by atoms with E-state index in [0.717, 1.165) is 12.2 Å². The molecule has 0 bridgehead atoms. The summed E-state index contributed by atoms with van der Waals surface area (Å²) in [5.41, 5.74) is 1.40. The van der Waals surface area contributed by atoms with Crippen LogP contribution in [-0.2, 0) is 14.3 Å². The normalized spacial score (nSPS) is 17.4. The number of thiophene rings is 1. The number of morpholine rings is 1. The summed E-state index contributed by atoms with van der Waals surface area (Å²) >= 11 is 7.15. The molecule has 2 aliphatic rings. The molecule has 1 aromatic carbocycles. The minimum atomic E-state index is -0.527. The number of hydrogen-bond acceptors (Lipinski definition) is 6. The van der Waals surface area contributed by atoms with Gasteiger partial charge in [0, 0.05) is 31.0 Å². The Morgan fingerprint density at radius 1 is 1.24 bits per heavy atom. The summed E-state index contributed by atoms with van der Waals surface area (Å²) in [6.07, 6.45) is 3.56. The van der Waals surface area contributed by atoms with E-state index in [1.54, 1.807) is 29.2 Å². The molecule has 4 rings (SSSR count). The summed E-state index contributed by atoms with van der Waals surface area (Å²) in [5, 5.41) is 5.84. The van der Waals surface area contributed by atoms with Gasteiger partial charge >= 0.3 is 0 Å². The first kappa shape index (κ1) is 24.7. The van der Waals surface area contributed by atoms with Crippen molar-refractivity contribution in [2.45, 2.75) is 25.3 Å². The molecule has 2 aromatic rings. The van der Waals surface area contributed by atoms with E-state index in [1.165, 1.54) is 30.6 Å². The van der Waals surface area contributed by atoms with Gasteiger partial charge in [0.1, 0.15) is 12.6 Å². The van der Waals surface area contributed by atoms with E-state index in [-0.39, 0.29) is 30.9 Å². The average molecular weight is 505 g/mol. The van der Waals surface area contributed by atoms with Gasteiger partial charge in [0.05, 0.1) is 15.8 Å². The smallest absolute Gasteiger partial charge is 0.261 e. The maximum absolute atomic E-state index is 13.2. The second-order valence-electron chi connectivity index (χ2n) is 8.70. The number of nitrogens with one attached hydrogen (secondary N) is 2. The van der Waals surface area contributed by atoms with Gasteiger partial charge in [-0.3, -0.25) is 19.3 Å². The molecule has 0 radical (unpaired) electrons. The molecule has 0 spiro atoms. The summed E-state index contributed by atoms with van der Waals surface area (Å²) in [4.78, 5) is 42.0. The Labute approximate surface area is 208 Å².